The predicted octanol–water partition coefficient (Wildman–Crippen LogP) is 2.99. The molecule has 1 aromatic rings. The van der Waals surface area contributed by atoms with Gasteiger partial charge in [0.2, 0.25) is 5.28 Å². The number of nitrogens with zero attached hydrogens (tertiary/aromatic N) is 2. The Balaban J connectivity index is 2.04. The van der Waals surface area contributed by atoms with E-state index in [2.05, 4.69) is 29.1 Å². The summed E-state index contributed by atoms with van der Waals surface area (Å²) in [6, 6.07) is 1.90. The molecule has 0 spiro atoms. The molecule has 0 aliphatic heterocycles. The number of carbonyl (C=O) groups excluding carboxylic acids is 1. The third kappa shape index (κ3) is 3.90. The van der Waals surface area contributed by atoms with Crippen molar-refractivity contribution in [3.63, 3.8) is 0 Å². The summed E-state index contributed by atoms with van der Waals surface area (Å²) < 4.78 is 0. The number of halogens is 1. The number of carbonyl (C=O) groups is 1. The molecule has 5 heteroatoms. The van der Waals surface area contributed by atoms with Crippen molar-refractivity contribution in [3.8, 4) is 0 Å². The Morgan fingerprint density at radius 1 is 1.26 bits per heavy atom. The van der Waals surface area contributed by atoms with E-state index >= 15 is 0 Å². The van der Waals surface area contributed by atoms with Crippen LogP contribution in [0.5, 0.6) is 0 Å². The Bertz CT molecular complexity index is 448. The highest BCUT2D eigenvalue weighted by Gasteiger charge is 2.25. The molecule has 0 radical (unpaired) electrons. The molecule has 19 heavy (non-hydrogen) atoms. The molecule has 1 aliphatic rings. The summed E-state index contributed by atoms with van der Waals surface area (Å²) >= 11 is 5.78. The van der Waals surface area contributed by atoms with Crippen LogP contribution in [0.25, 0.3) is 0 Å². The molecule has 1 aliphatic carbocycles. The monoisotopic (exact) mass is 281 g/mol. The van der Waals surface area contributed by atoms with Crippen LogP contribution >= 0.6 is 11.6 Å². The molecule has 4 nitrogen and oxygen atoms in total. The topological polar surface area (TPSA) is 54.9 Å². The van der Waals surface area contributed by atoms with Crippen molar-refractivity contribution >= 4 is 17.5 Å². The number of amides is 1. The minimum absolute atomic E-state index is 0.121. The first kappa shape index (κ1) is 14.3. The fourth-order valence-electron chi connectivity index (χ4n) is 2.97. The molecule has 1 aromatic heterocycles. The van der Waals surface area contributed by atoms with E-state index in [1.165, 1.54) is 6.42 Å². The van der Waals surface area contributed by atoms with Gasteiger partial charge < -0.3 is 5.32 Å². The minimum Gasteiger partial charge on any atom is -0.348 e. The van der Waals surface area contributed by atoms with Crippen molar-refractivity contribution in [2.75, 3.05) is 0 Å². The van der Waals surface area contributed by atoms with Crippen molar-refractivity contribution in [1.29, 1.82) is 0 Å². The van der Waals surface area contributed by atoms with E-state index in [4.69, 9.17) is 11.6 Å². The van der Waals surface area contributed by atoms with Gasteiger partial charge in [-0.15, -0.1) is 0 Å². The fourth-order valence-corrected chi connectivity index (χ4v) is 3.20. The largest absolute Gasteiger partial charge is 0.348 e. The summed E-state index contributed by atoms with van der Waals surface area (Å²) in [6.45, 7) is 6.27. The van der Waals surface area contributed by atoms with Crippen molar-refractivity contribution in [2.24, 2.45) is 11.8 Å². The average Bonchev–Trinajstić information content (AvgIpc) is 2.25. The summed E-state index contributed by atoms with van der Waals surface area (Å²) in [5.74, 6) is 1.16. The van der Waals surface area contributed by atoms with Crippen molar-refractivity contribution in [3.05, 3.63) is 22.7 Å². The molecular formula is C14H20ClN3O. The molecular weight excluding hydrogens is 262 g/mol. The van der Waals surface area contributed by atoms with Gasteiger partial charge in [0.15, 0.2) is 0 Å². The van der Waals surface area contributed by atoms with Crippen LogP contribution in [0.1, 0.15) is 49.3 Å². The first-order chi connectivity index (χ1) is 8.94. The predicted molar refractivity (Wildman–Crippen MR) is 75.2 cm³/mol. The zero-order valence-electron chi connectivity index (χ0n) is 11.6. The zero-order chi connectivity index (χ0) is 14.0. The summed E-state index contributed by atoms with van der Waals surface area (Å²) in [7, 11) is 0. The average molecular weight is 282 g/mol. The molecule has 0 aromatic carbocycles. The Morgan fingerprint density at radius 3 is 2.47 bits per heavy atom. The molecule has 2 unspecified atom stereocenters. The van der Waals surface area contributed by atoms with Gasteiger partial charge in [-0.3, -0.25) is 4.79 Å². The highest BCUT2D eigenvalue weighted by molar-refractivity contribution is 6.28. The first-order valence-electron chi connectivity index (χ1n) is 6.76. The fraction of sp³-hybridized carbons (Fsp3) is 0.643. The van der Waals surface area contributed by atoms with Gasteiger partial charge in [0.1, 0.15) is 5.69 Å². The summed E-state index contributed by atoms with van der Waals surface area (Å²) in [4.78, 5) is 20.1. The van der Waals surface area contributed by atoms with Crippen LogP contribution in [0.15, 0.2) is 6.07 Å². The molecule has 0 saturated heterocycles. The lowest BCUT2D eigenvalue weighted by atomic mass is 9.80. The number of hydrogen-bond donors (Lipinski definition) is 1. The third-order valence-electron chi connectivity index (χ3n) is 3.57. The van der Waals surface area contributed by atoms with Crippen molar-refractivity contribution < 1.29 is 4.79 Å². The van der Waals surface area contributed by atoms with E-state index in [-0.39, 0.29) is 17.2 Å². The van der Waals surface area contributed by atoms with Crippen LogP contribution in [0, 0.1) is 18.8 Å². The Morgan fingerprint density at radius 2 is 1.89 bits per heavy atom. The van der Waals surface area contributed by atoms with Crippen LogP contribution in [0.2, 0.25) is 5.28 Å². The Labute approximate surface area is 119 Å². The van der Waals surface area contributed by atoms with Crippen molar-refractivity contribution in [1.82, 2.24) is 15.3 Å². The Hall–Kier alpha value is -1.16. The standard InChI is InChI=1S/C14H20ClN3O/c1-8-4-9(2)6-11(5-8)17-13(19)12-7-10(3)16-14(15)18-12/h7-9,11H,4-6H2,1-3H3,(H,17,19). The quantitative estimate of drug-likeness (QED) is 0.848. The van der Waals surface area contributed by atoms with Gasteiger partial charge in [0, 0.05) is 11.7 Å². The van der Waals surface area contributed by atoms with E-state index in [1.807, 2.05) is 0 Å². The van der Waals surface area contributed by atoms with Crippen LogP contribution < -0.4 is 5.32 Å². The van der Waals surface area contributed by atoms with Gasteiger partial charge in [-0.1, -0.05) is 13.8 Å². The molecule has 1 N–H and O–H groups in total. The van der Waals surface area contributed by atoms with Crippen LogP contribution in [0.3, 0.4) is 0 Å². The van der Waals surface area contributed by atoms with Gasteiger partial charge in [-0.25, -0.2) is 9.97 Å². The maximum absolute atomic E-state index is 12.2. The van der Waals surface area contributed by atoms with Crippen LogP contribution in [0.4, 0.5) is 0 Å². The molecule has 1 heterocycles. The second-order valence-electron chi connectivity index (χ2n) is 5.75. The lowest BCUT2D eigenvalue weighted by Gasteiger charge is -2.31. The van der Waals surface area contributed by atoms with Crippen molar-refractivity contribution in [2.45, 2.75) is 46.1 Å². The van der Waals surface area contributed by atoms with Gasteiger partial charge in [0.05, 0.1) is 0 Å². The minimum atomic E-state index is -0.154. The van der Waals surface area contributed by atoms with E-state index < -0.39 is 0 Å². The smallest absolute Gasteiger partial charge is 0.270 e. The second-order valence-corrected chi connectivity index (χ2v) is 6.09. The maximum Gasteiger partial charge on any atom is 0.270 e. The number of hydrogen-bond acceptors (Lipinski definition) is 3. The third-order valence-corrected chi connectivity index (χ3v) is 3.74. The van der Waals surface area contributed by atoms with Gasteiger partial charge in [-0.2, -0.15) is 0 Å². The van der Waals surface area contributed by atoms with Crippen LogP contribution in [-0.4, -0.2) is 21.9 Å². The molecule has 104 valence electrons. The first-order valence-corrected chi connectivity index (χ1v) is 7.14. The van der Waals surface area contributed by atoms with E-state index in [1.54, 1.807) is 13.0 Å². The molecule has 1 saturated carbocycles. The Kier molecular flexibility index (Phi) is 4.40. The van der Waals surface area contributed by atoms with Crippen LogP contribution in [-0.2, 0) is 0 Å². The second kappa shape index (κ2) is 5.87. The van der Waals surface area contributed by atoms with Gasteiger partial charge in [-0.05, 0) is 55.7 Å². The number of aryl methyl sites for hydroxylation is 1. The summed E-state index contributed by atoms with van der Waals surface area (Å²) in [5, 5.41) is 3.18. The SMILES string of the molecule is Cc1cc(C(=O)NC2CC(C)CC(C)C2)nc(Cl)n1. The molecule has 2 atom stereocenters. The van der Waals surface area contributed by atoms with Gasteiger partial charge >= 0.3 is 0 Å². The van der Waals surface area contributed by atoms with E-state index in [9.17, 15) is 4.79 Å². The summed E-state index contributed by atoms with van der Waals surface area (Å²) in [5.41, 5.74) is 1.05. The van der Waals surface area contributed by atoms with E-state index in [0.717, 1.165) is 12.8 Å². The number of nitrogens with one attached hydrogen (secondary N) is 1. The number of aromatic nitrogens is 2. The lowest BCUT2D eigenvalue weighted by molar-refractivity contribution is 0.0906. The molecule has 2 rings (SSSR count). The normalized spacial score (nSPS) is 27.1. The zero-order valence-corrected chi connectivity index (χ0v) is 12.4. The highest BCUT2D eigenvalue weighted by Crippen LogP contribution is 2.28. The number of rotatable bonds is 2. The van der Waals surface area contributed by atoms with E-state index in [0.29, 0.717) is 23.2 Å². The van der Waals surface area contributed by atoms with Gasteiger partial charge in [0.25, 0.3) is 5.91 Å². The molecule has 1 amide bonds. The molecule has 0 bridgehead atoms. The summed E-state index contributed by atoms with van der Waals surface area (Å²) in [6.07, 6.45) is 3.31. The molecule has 1 fully saturated rings. The lowest BCUT2D eigenvalue weighted by Crippen LogP contribution is -2.40. The maximum atomic E-state index is 12.2. The highest BCUT2D eigenvalue weighted by atomic mass is 35.5.